The van der Waals surface area contributed by atoms with Crippen molar-refractivity contribution in [3.63, 3.8) is 0 Å². The number of ether oxygens (including phenoxy) is 2. The minimum atomic E-state index is -0.884. The van der Waals surface area contributed by atoms with E-state index in [9.17, 15) is 9.59 Å². The van der Waals surface area contributed by atoms with Gasteiger partial charge in [-0.25, -0.2) is 0 Å². The summed E-state index contributed by atoms with van der Waals surface area (Å²) in [4.78, 5) is 21.9. The summed E-state index contributed by atoms with van der Waals surface area (Å²) >= 11 is 0. The molecule has 0 aromatic rings. The van der Waals surface area contributed by atoms with Gasteiger partial charge in [0.2, 0.25) is 0 Å². The molecule has 0 unspecified atom stereocenters. The van der Waals surface area contributed by atoms with Crippen LogP contribution in [0.1, 0.15) is 66.2 Å². The molecule has 0 fully saturated rings. The second-order valence-corrected chi connectivity index (χ2v) is 4.70. The zero-order valence-corrected chi connectivity index (χ0v) is 12.5. The average Bonchev–Trinajstić information content (AvgIpc) is 2.31. The van der Waals surface area contributed by atoms with Crippen molar-refractivity contribution >= 4 is 11.9 Å². The summed E-state index contributed by atoms with van der Waals surface area (Å²) in [5.41, 5.74) is 0.765. The van der Waals surface area contributed by atoms with Gasteiger partial charge < -0.3 is 9.47 Å². The van der Waals surface area contributed by atoms with Gasteiger partial charge in [0.15, 0.2) is 0 Å². The van der Waals surface area contributed by atoms with Crippen LogP contribution in [-0.4, -0.2) is 18.2 Å². The average molecular weight is 270 g/mol. The fourth-order valence-corrected chi connectivity index (χ4v) is 1.69. The predicted molar refractivity (Wildman–Crippen MR) is 74.5 cm³/mol. The molecule has 0 radical (unpaired) electrons. The molecular weight excluding hydrogens is 244 g/mol. The normalized spacial score (nSPS) is 11.5. The van der Waals surface area contributed by atoms with Crippen molar-refractivity contribution < 1.29 is 19.1 Å². The molecular formula is C15H26O4. The lowest BCUT2D eigenvalue weighted by Crippen LogP contribution is -2.23. The van der Waals surface area contributed by atoms with Gasteiger partial charge in [0.1, 0.15) is 0 Å². The number of carbonyl (C=O) groups excluding carboxylic acids is 2. The molecule has 110 valence electrons. The Morgan fingerprint density at radius 2 is 1.47 bits per heavy atom. The maximum Gasteiger partial charge on any atom is 0.305 e. The van der Waals surface area contributed by atoms with E-state index in [1.165, 1.54) is 39.5 Å². The molecule has 4 nitrogen and oxygen atoms in total. The number of unbranched alkanes of at least 4 members (excludes halogenated alkanes) is 5. The molecule has 0 rings (SSSR count). The van der Waals surface area contributed by atoms with Crippen molar-refractivity contribution in [3.8, 4) is 0 Å². The van der Waals surface area contributed by atoms with Crippen molar-refractivity contribution in [2.75, 3.05) is 0 Å². The summed E-state index contributed by atoms with van der Waals surface area (Å²) in [7, 11) is 0. The zero-order chi connectivity index (χ0) is 14.7. The standard InChI is InChI=1S/C15H26O4/c1-5-6-7-8-9-10-11-12(2)15(18-13(3)16)19-14(4)17/h11,15H,5-10H2,1-4H3/b12-11+. The highest BCUT2D eigenvalue weighted by atomic mass is 16.7. The predicted octanol–water partition coefficient (Wildman–Crippen LogP) is 3.75. The van der Waals surface area contributed by atoms with E-state index in [1.807, 2.05) is 13.0 Å². The van der Waals surface area contributed by atoms with Gasteiger partial charge in [0.05, 0.1) is 0 Å². The number of carbonyl (C=O) groups is 2. The smallest absolute Gasteiger partial charge is 0.305 e. The highest BCUT2D eigenvalue weighted by Gasteiger charge is 2.16. The Labute approximate surface area is 116 Å². The van der Waals surface area contributed by atoms with Crippen LogP contribution in [0.2, 0.25) is 0 Å². The third-order valence-corrected chi connectivity index (χ3v) is 2.69. The van der Waals surface area contributed by atoms with Crippen molar-refractivity contribution in [2.24, 2.45) is 0 Å². The third-order valence-electron chi connectivity index (χ3n) is 2.69. The van der Waals surface area contributed by atoms with Crippen LogP contribution in [0, 0.1) is 0 Å². The molecule has 19 heavy (non-hydrogen) atoms. The van der Waals surface area contributed by atoms with Gasteiger partial charge in [0, 0.05) is 19.4 Å². The second-order valence-electron chi connectivity index (χ2n) is 4.70. The van der Waals surface area contributed by atoms with Gasteiger partial charge in [-0.05, 0) is 19.8 Å². The maximum absolute atomic E-state index is 10.9. The van der Waals surface area contributed by atoms with E-state index in [0.29, 0.717) is 0 Å². The molecule has 4 heteroatoms. The monoisotopic (exact) mass is 270 g/mol. The van der Waals surface area contributed by atoms with E-state index < -0.39 is 18.2 Å². The van der Waals surface area contributed by atoms with Gasteiger partial charge in [-0.1, -0.05) is 38.7 Å². The van der Waals surface area contributed by atoms with Gasteiger partial charge in [-0.2, -0.15) is 0 Å². The highest BCUT2D eigenvalue weighted by molar-refractivity contribution is 5.68. The van der Waals surface area contributed by atoms with Crippen LogP contribution >= 0.6 is 0 Å². The number of hydrogen-bond acceptors (Lipinski definition) is 4. The van der Waals surface area contributed by atoms with E-state index in [0.717, 1.165) is 18.4 Å². The second kappa shape index (κ2) is 10.6. The van der Waals surface area contributed by atoms with Crippen LogP contribution in [0.15, 0.2) is 11.6 Å². The fourth-order valence-electron chi connectivity index (χ4n) is 1.69. The molecule has 0 N–H and O–H groups in total. The summed E-state index contributed by atoms with van der Waals surface area (Å²) in [5, 5.41) is 0. The molecule has 0 saturated carbocycles. The molecule has 0 heterocycles. The minimum absolute atomic E-state index is 0.457. The van der Waals surface area contributed by atoms with Crippen LogP contribution in [0.4, 0.5) is 0 Å². The molecule has 0 aromatic carbocycles. The first-order chi connectivity index (χ1) is 8.97. The summed E-state index contributed by atoms with van der Waals surface area (Å²) in [5.74, 6) is -0.913. The zero-order valence-electron chi connectivity index (χ0n) is 12.5. The molecule has 0 atom stereocenters. The van der Waals surface area contributed by atoms with Crippen LogP contribution in [-0.2, 0) is 19.1 Å². The Morgan fingerprint density at radius 1 is 0.947 bits per heavy atom. The quantitative estimate of drug-likeness (QED) is 0.277. The van der Waals surface area contributed by atoms with Crippen LogP contribution in [0.25, 0.3) is 0 Å². The van der Waals surface area contributed by atoms with E-state index in [-0.39, 0.29) is 0 Å². The molecule has 0 aromatic heterocycles. The molecule has 0 saturated heterocycles. The lowest BCUT2D eigenvalue weighted by Gasteiger charge is -2.17. The lowest BCUT2D eigenvalue weighted by atomic mass is 10.1. The Hall–Kier alpha value is -1.32. The Bertz CT molecular complexity index is 291. The van der Waals surface area contributed by atoms with Gasteiger partial charge in [-0.3, -0.25) is 9.59 Å². The molecule has 0 aliphatic heterocycles. The van der Waals surface area contributed by atoms with Crippen molar-refractivity contribution in [1.82, 2.24) is 0 Å². The first kappa shape index (κ1) is 17.7. The molecule has 0 amide bonds. The van der Waals surface area contributed by atoms with Crippen LogP contribution < -0.4 is 0 Å². The largest absolute Gasteiger partial charge is 0.421 e. The summed E-state index contributed by atoms with van der Waals surface area (Å²) < 4.78 is 9.94. The van der Waals surface area contributed by atoms with Crippen molar-refractivity contribution in [2.45, 2.75) is 72.5 Å². The van der Waals surface area contributed by atoms with Gasteiger partial charge in [-0.15, -0.1) is 0 Å². The van der Waals surface area contributed by atoms with E-state index in [2.05, 4.69) is 6.92 Å². The molecule has 0 aliphatic carbocycles. The summed E-state index contributed by atoms with van der Waals surface area (Å²) in [6.45, 7) is 6.60. The number of esters is 2. The molecule has 0 spiro atoms. The van der Waals surface area contributed by atoms with Crippen molar-refractivity contribution in [1.29, 1.82) is 0 Å². The van der Waals surface area contributed by atoms with Crippen LogP contribution in [0.5, 0.6) is 0 Å². The third kappa shape index (κ3) is 10.3. The first-order valence-corrected chi connectivity index (χ1v) is 6.98. The Kier molecular flexibility index (Phi) is 9.85. The summed E-state index contributed by atoms with van der Waals surface area (Å²) in [6, 6.07) is 0. The first-order valence-electron chi connectivity index (χ1n) is 6.98. The molecule has 0 bridgehead atoms. The minimum Gasteiger partial charge on any atom is -0.421 e. The highest BCUT2D eigenvalue weighted by Crippen LogP contribution is 2.12. The SMILES string of the molecule is CCCCCCC/C=C(\C)C(OC(C)=O)OC(C)=O. The lowest BCUT2D eigenvalue weighted by molar-refractivity contribution is -0.178. The van der Waals surface area contributed by atoms with Gasteiger partial charge >= 0.3 is 11.9 Å². The molecule has 0 aliphatic rings. The fraction of sp³-hybridized carbons (Fsp3) is 0.733. The number of allylic oxidation sites excluding steroid dienone is 1. The number of rotatable bonds is 9. The maximum atomic E-state index is 10.9. The number of hydrogen-bond donors (Lipinski definition) is 0. The van der Waals surface area contributed by atoms with E-state index in [1.54, 1.807) is 0 Å². The van der Waals surface area contributed by atoms with Crippen LogP contribution in [0.3, 0.4) is 0 Å². The van der Waals surface area contributed by atoms with Gasteiger partial charge in [0.25, 0.3) is 6.29 Å². The Balaban J connectivity index is 4.16. The topological polar surface area (TPSA) is 52.6 Å². The van der Waals surface area contributed by atoms with Crippen molar-refractivity contribution in [3.05, 3.63) is 11.6 Å². The summed E-state index contributed by atoms with van der Waals surface area (Å²) in [6.07, 6.45) is 8.05. The van der Waals surface area contributed by atoms with E-state index in [4.69, 9.17) is 9.47 Å². The van der Waals surface area contributed by atoms with E-state index >= 15 is 0 Å². The Morgan fingerprint density at radius 3 is 1.95 bits per heavy atom.